The van der Waals surface area contributed by atoms with Crippen LogP contribution in [0.4, 0.5) is 0 Å². The van der Waals surface area contributed by atoms with E-state index in [2.05, 4.69) is 23.4 Å². The third-order valence-corrected chi connectivity index (χ3v) is 4.22. The molecule has 1 aromatic carbocycles. The lowest BCUT2D eigenvalue weighted by Gasteiger charge is -2.14. The summed E-state index contributed by atoms with van der Waals surface area (Å²) in [5, 5.41) is 6.28. The fourth-order valence-electron chi connectivity index (χ4n) is 2.06. The summed E-state index contributed by atoms with van der Waals surface area (Å²) >= 11 is 7.83. The van der Waals surface area contributed by atoms with E-state index in [-0.39, 0.29) is 6.04 Å². The standard InChI is InChI=1S/C14H14ClN3S/c1-10(12-4-2-3-5-13(12)15)16-8-11-9-18-6-7-19-14(18)17-11/h2-7,9-10,16H,8H2,1H3/t10-/m0/s1. The lowest BCUT2D eigenvalue weighted by molar-refractivity contribution is 0.569. The van der Waals surface area contributed by atoms with Gasteiger partial charge in [-0.15, -0.1) is 11.3 Å². The number of nitrogens with zero attached hydrogens (tertiary/aromatic N) is 2. The second kappa shape index (κ2) is 5.33. The van der Waals surface area contributed by atoms with Crippen molar-refractivity contribution >= 4 is 27.9 Å². The van der Waals surface area contributed by atoms with Crippen molar-refractivity contribution in [2.24, 2.45) is 0 Å². The molecule has 0 aliphatic heterocycles. The molecule has 0 bridgehead atoms. The van der Waals surface area contributed by atoms with E-state index >= 15 is 0 Å². The molecule has 3 rings (SSSR count). The van der Waals surface area contributed by atoms with Crippen LogP contribution in [0.25, 0.3) is 4.96 Å². The molecule has 0 aliphatic carbocycles. The van der Waals surface area contributed by atoms with Crippen LogP contribution >= 0.6 is 22.9 Å². The molecule has 1 atom stereocenters. The Morgan fingerprint density at radius 3 is 3.05 bits per heavy atom. The second-order valence-corrected chi connectivity index (χ2v) is 5.73. The Hall–Kier alpha value is -1.36. The Bertz CT molecular complexity index is 660. The third kappa shape index (κ3) is 2.66. The minimum absolute atomic E-state index is 0.202. The summed E-state index contributed by atoms with van der Waals surface area (Å²) in [5.41, 5.74) is 2.16. The van der Waals surface area contributed by atoms with Gasteiger partial charge in [0.2, 0.25) is 0 Å². The quantitative estimate of drug-likeness (QED) is 0.790. The SMILES string of the molecule is C[C@H](NCc1cn2ccsc2n1)c1ccccc1Cl. The summed E-state index contributed by atoms with van der Waals surface area (Å²) in [7, 11) is 0. The fraction of sp³-hybridized carbons (Fsp3) is 0.214. The number of benzene rings is 1. The minimum Gasteiger partial charge on any atom is -0.304 e. The topological polar surface area (TPSA) is 29.3 Å². The summed E-state index contributed by atoms with van der Waals surface area (Å²) in [6, 6.07) is 8.12. The number of hydrogen-bond donors (Lipinski definition) is 1. The number of thiazole rings is 1. The number of imidazole rings is 1. The van der Waals surface area contributed by atoms with Gasteiger partial charge in [0.15, 0.2) is 4.96 Å². The van der Waals surface area contributed by atoms with Crippen LogP contribution < -0.4 is 5.32 Å². The van der Waals surface area contributed by atoms with Gasteiger partial charge in [0.25, 0.3) is 0 Å². The van der Waals surface area contributed by atoms with Crippen molar-refractivity contribution in [2.75, 3.05) is 0 Å². The predicted octanol–water partition coefficient (Wildman–Crippen LogP) is 3.90. The number of halogens is 1. The van der Waals surface area contributed by atoms with Crippen LogP contribution in [0.3, 0.4) is 0 Å². The summed E-state index contributed by atoms with van der Waals surface area (Å²) < 4.78 is 2.04. The maximum absolute atomic E-state index is 6.19. The van der Waals surface area contributed by atoms with Gasteiger partial charge in [0.1, 0.15) is 0 Å². The molecule has 0 fully saturated rings. The molecular formula is C14H14ClN3S. The maximum atomic E-state index is 6.19. The molecule has 3 aromatic rings. The van der Waals surface area contributed by atoms with E-state index in [1.165, 1.54) is 0 Å². The average molecular weight is 292 g/mol. The first-order valence-electron chi connectivity index (χ1n) is 6.13. The summed E-state index contributed by atoms with van der Waals surface area (Å²) in [4.78, 5) is 5.58. The normalized spacial score (nSPS) is 12.9. The number of hydrogen-bond acceptors (Lipinski definition) is 3. The highest BCUT2D eigenvalue weighted by atomic mass is 35.5. The van der Waals surface area contributed by atoms with Crippen LogP contribution in [0.15, 0.2) is 42.0 Å². The van der Waals surface area contributed by atoms with Crippen LogP contribution in [0.2, 0.25) is 5.02 Å². The summed E-state index contributed by atoms with van der Waals surface area (Å²) in [6.45, 7) is 2.85. The van der Waals surface area contributed by atoms with Crippen molar-refractivity contribution in [3.63, 3.8) is 0 Å². The number of nitrogens with one attached hydrogen (secondary N) is 1. The van der Waals surface area contributed by atoms with Gasteiger partial charge in [-0.3, -0.25) is 4.40 Å². The van der Waals surface area contributed by atoms with Crippen molar-refractivity contribution < 1.29 is 0 Å². The molecule has 0 radical (unpaired) electrons. The van der Waals surface area contributed by atoms with Gasteiger partial charge in [0, 0.05) is 35.4 Å². The zero-order valence-corrected chi connectivity index (χ0v) is 12.1. The first-order chi connectivity index (χ1) is 9.24. The van der Waals surface area contributed by atoms with Crippen LogP contribution in [-0.2, 0) is 6.54 Å². The molecule has 0 saturated carbocycles. The van der Waals surface area contributed by atoms with Crippen molar-refractivity contribution in [1.82, 2.24) is 14.7 Å². The van der Waals surface area contributed by atoms with E-state index in [1.54, 1.807) is 11.3 Å². The fourth-order valence-corrected chi connectivity index (χ4v) is 3.07. The van der Waals surface area contributed by atoms with Crippen LogP contribution in [0, 0.1) is 0 Å². The Morgan fingerprint density at radius 2 is 2.26 bits per heavy atom. The Morgan fingerprint density at radius 1 is 1.42 bits per heavy atom. The van der Waals surface area contributed by atoms with E-state index in [0.717, 1.165) is 27.8 Å². The monoisotopic (exact) mass is 291 g/mol. The lowest BCUT2D eigenvalue weighted by Crippen LogP contribution is -2.18. The van der Waals surface area contributed by atoms with Crippen LogP contribution in [-0.4, -0.2) is 9.38 Å². The molecule has 0 unspecified atom stereocenters. The molecule has 0 spiro atoms. The van der Waals surface area contributed by atoms with E-state index in [1.807, 2.05) is 40.2 Å². The predicted molar refractivity (Wildman–Crippen MR) is 79.8 cm³/mol. The summed E-state index contributed by atoms with van der Waals surface area (Å²) in [6.07, 6.45) is 4.08. The Labute approximate surface area is 120 Å². The molecule has 19 heavy (non-hydrogen) atoms. The maximum Gasteiger partial charge on any atom is 0.193 e. The highest BCUT2D eigenvalue weighted by Gasteiger charge is 2.09. The van der Waals surface area contributed by atoms with Gasteiger partial charge in [-0.05, 0) is 18.6 Å². The molecule has 0 saturated heterocycles. The van der Waals surface area contributed by atoms with Gasteiger partial charge >= 0.3 is 0 Å². The minimum atomic E-state index is 0.202. The first kappa shape index (κ1) is 12.7. The summed E-state index contributed by atoms with van der Waals surface area (Å²) in [5.74, 6) is 0. The molecule has 2 heterocycles. The third-order valence-electron chi connectivity index (χ3n) is 3.10. The van der Waals surface area contributed by atoms with E-state index in [4.69, 9.17) is 11.6 Å². The zero-order valence-electron chi connectivity index (χ0n) is 10.5. The molecule has 98 valence electrons. The van der Waals surface area contributed by atoms with Crippen molar-refractivity contribution in [1.29, 1.82) is 0 Å². The van der Waals surface area contributed by atoms with E-state index < -0.39 is 0 Å². The zero-order chi connectivity index (χ0) is 13.2. The first-order valence-corrected chi connectivity index (χ1v) is 7.38. The average Bonchev–Trinajstić information content (AvgIpc) is 2.97. The number of rotatable bonds is 4. The molecule has 0 aliphatic rings. The molecule has 5 heteroatoms. The highest BCUT2D eigenvalue weighted by molar-refractivity contribution is 7.15. The van der Waals surface area contributed by atoms with Gasteiger partial charge in [0.05, 0.1) is 5.69 Å². The van der Waals surface area contributed by atoms with Gasteiger partial charge in [-0.1, -0.05) is 29.8 Å². The molecule has 0 amide bonds. The van der Waals surface area contributed by atoms with Crippen molar-refractivity contribution in [3.05, 3.63) is 58.3 Å². The van der Waals surface area contributed by atoms with E-state index in [0.29, 0.717) is 0 Å². The van der Waals surface area contributed by atoms with Gasteiger partial charge in [-0.25, -0.2) is 4.98 Å². The van der Waals surface area contributed by atoms with Crippen LogP contribution in [0.5, 0.6) is 0 Å². The Kier molecular flexibility index (Phi) is 3.55. The number of aromatic nitrogens is 2. The molecule has 1 N–H and O–H groups in total. The van der Waals surface area contributed by atoms with Gasteiger partial charge < -0.3 is 5.32 Å². The molecule has 3 nitrogen and oxygen atoms in total. The smallest absolute Gasteiger partial charge is 0.193 e. The molecular weight excluding hydrogens is 278 g/mol. The second-order valence-electron chi connectivity index (χ2n) is 4.45. The highest BCUT2D eigenvalue weighted by Crippen LogP contribution is 2.22. The van der Waals surface area contributed by atoms with Crippen molar-refractivity contribution in [2.45, 2.75) is 19.5 Å². The van der Waals surface area contributed by atoms with Gasteiger partial charge in [-0.2, -0.15) is 0 Å². The number of fused-ring (bicyclic) bond motifs is 1. The van der Waals surface area contributed by atoms with Crippen LogP contribution in [0.1, 0.15) is 24.2 Å². The molecule has 2 aromatic heterocycles. The largest absolute Gasteiger partial charge is 0.304 e. The van der Waals surface area contributed by atoms with Crippen molar-refractivity contribution in [3.8, 4) is 0 Å². The van der Waals surface area contributed by atoms with E-state index in [9.17, 15) is 0 Å². The lowest BCUT2D eigenvalue weighted by atomic mass is 10.1. The Balaban J connectivity index is 1.69.